The van der Waals surface area contributed by atoms with Crippen LogP contribution in [0.1, 0.15) is 0 Å². The van der Waals surface area contributed by atoms with Gasteiger partial charge in [0.15, 0.2) is 93.1 Å². The maximum atomic E-state index is 12.0. The third-order valence-electron chi connectivity index (χ3n) is 4.23. The molecule has 0 N–H and O–H groups in total. The van der Waals surface area contributed by atoms with E-state index in [-0.39, 0.29) is 45.3 Å². The Hall–Kier alpha value is -3.83. The van der Waals surface area contributed by atoms with Crippen molar-refractivity contribution in [3.63, 3.8) is 0 Å². The van der Waals surface area contributed by atoms with Gasteiger partial charge in [-0.05, 0) is 0 Å². The van der Waals surface area contributed by atoms with Crippen molar-refractivity contribution in [2.45, 2.75) is 0 Å². The Bertz CT molecular complexity index is 1320. The molecule has 0 saturated carbocycles. The molecule has 4 aromatic rings. The van der Waals surface area contributed by atoms with Crippen LogP contribution in [0.2, 0.25) is 0 Å². The number of hydrogen-bond donors (Lipinski definition) is 0. The molecule has 0 bridgehead atoms. The fraction of sp³-hybridized carbons (Fsp3) is 0. The molecule has 0 radical (unpaired) electrons. The standard InChI is InChI=1S/4C6HF5.Pt/c4*7-2-1-3(8)5(10)6(11)4(2)9;/h4*1H;/q;;;;+2. The average molecular weight is 867 g/mol. The summed E-state index contributed by atoms with van der Waals surface area (Å²) in [6.07, 6.45) is 0. The summed E-state index contributed by atoms with van der Waals surface area (Å²) in [4.78, 5) is 0. The van der Waals surface area contributed by atoms with Crippen molar-refractivity contribution < 1.29 is 109 Å². The number of halogens is 20. The summed E-state index contributed by atoms with van der Waals surface area (Å²) in [5.41, 5.74) is 0. The van der Waals surface area contributed by atoms with Gasteiger partial charge in [-0.1, -0.05) is 0 Å². The van der Waals surface area contributed by atoms with Crippen molar-refractivity contribution in [3.05, 3.63) is 141 Å². The molecule has 0 unspecified atom stereocenters. The molecule has 0 atom stereocenters. The Morgan fingerprint density at radius 2 is 0.267 bits per heavy atom. The molecule has 0 amide bonds. The first-order valence-corrected chi connectivity index (χ1v) is 10.1. The van der Waals surface area contributed by atoms with Crippen molar-refractivity contribution in [2.24, 2.45) is 0 Å². The molecule has 0 aliphatic heterocycles. The van der Waals surface area contributed by atoms with E-state index in [4.69, 9.17) is 0 Å². The minimum Gasteiger partial charge on any atom is -0.204 e. The molecular formula is C24H4F20Pt+2. The fourth-order valence-corrected chi connectivity index (χ4v) is 2.18. The summed E-state index contributed by atoms with van der Waals surface area (Å²) in [7, 11) is 0. The summed E-state index contributed by atoms with van der Waals surface area (Å²) >= 11 is 0. The van der Waals surface area contributed by atoms with Crippen LogP contribution >= 0.6 is 0 Å². The van der Waals surface area contributed by atoms with E-state index in [1.54, 1.807) is 0 Å². The monoisotopic (exact) mass is 867 g/mol. The molecule has 0 spiro atoms. The Morgan fingerprint density at radius 1 is 0.178 bits per heavy atom. The molecule has 0 saturated heterocycles. The molecule has 45 heavy (non-hydrogen) atoms. The Morgan fingerprint density at radius 3 is 0.356 bits per heavy atom. The first kappa shape index (κ1) is 41.2. The second-order valence-corrected chi connectivity index (χ2v) is 7.13. The molecule has 0 heterocycles. The van der Waals surface area contributed by atoms with Crippen LogP contribution in [-0.4, -0.2) is 0 Å². The third kappa shape index (κ3) is 10.1. The molecule has 4 aromatic carbocycles. The zero-order valence-electron chi connectivity index (χ0n) is 20.2. The zero-order chi connectivity index (χ0) is 34.4. The molecule has 0 fully saturated rings. The van der Waals surface area contributed by atoms with Gasteiger partial charge in [-0.3, -0.25) is 0 Å². The van der Waals surface area contributed by atoms with E-state index in [0.717, 1.165) is 0 Å². The summed E-state index contributed by atoms with van der Waals surface area (Å²) in [5.74, 6) is -38.6. The average Bonchev–Trinajstić information content (AvgIpc) is 2.97. The third-order valence-corrected chi connectivity index (χ3v) is 4.23. The van der Waals surface area contributed by atoms with E-state index >= 15 is 0 Å². The van der Waals surface area contributed by atoms with Crippen LogP contribution in [0.25, 0.3) is 0 Å². The molecule has 0 aliphatic carbocycles. The predicted molar refractivity (Wildman–Crippen MR) is 105 cm³/mol. The normalized spacial score (nSPS) is 10.0. The second-order valence-electron chi connectivity index (χ2n) is 7.13. The van der Waals surface area contributed by atoms with Gasteiger partial charge in [0.2, 0.25) is 23.3 Å². The molecular weight excluding hydrogens is 863 g/mol. The van der Waals surface area contributed by atoms with Crippen LogP contribution in [0.5, 0.6) is 0 Å². The van der Waals surface area contributed by atoms with Gasteiger partial charge in [-0.25, -0.2) is 87.8 Å². The molecule has 4 rings (SSSR count). The van der Waals surface area contributed by atoms with Gasteiger partial charge >= 0.3 is 21.1 Å². The van der Waals surface area contributed by atoms with E-state index in [1.165, 1.54) is 0 Å². The van der Waals surface area contributed by atoms with Crippen LogP contribution in [0, 0.1) is 116 Å². The summed E-state index contributed by atoms with van der Waals surface area (Å²) in [5, 5.41) is 0. The van der Waals surface area contributed by atoms with Gasteiger partial charge < -0.3 is 0 Å². The van der Waals surface area contributed by atoms with Gasteiger partial charge in [-0.15, -0.1) is 0 Å². The van der Waals surface area contributed by atoms with E-state index in [1.807, 2.05) is 0 Å². The van der Waals surface area contributed by atoms with Crippen LogP contribution in [0.3, 0.4) is 0 Å². The molecule has 0 aromatic heterocycles. The van der Waals surface area contributed by atoms with Crippen LogP contribution in [-0.2, 0) is 21.1 Å². The van der Waals surface area contributed by atoms with Crippen LogP contribution < -0.4 is 0 Å². The maximum Gasteiger partial charge on any atom is 2.00 e. The number of rotatable bonds is 0. The fourth-order valence-electron chi connectivity index (χ4n) is 2.18. The Kier molecular flexibility index (Phi) is 15.6. The largest absolute Gasteiger partial charge is 2.00 e. The minimum atomic E-state index is -2.14. The van der Waals surface area contributed by atoms with Crippen molar-refractivity contribution in [1.82, 2.24) is 0 Å². The van der Waals surface area contributed by atoms with E-state index < -0.39 is 116 Å². The van der Waals surface area contributed by atoms with Gasteiger partial charge in [0.05, 0.1) is 0 Å². The van der Waals surface area contributed by atoms with Crippen molar-refractivity contribution in [3.8, 4) is 0 Å². The maximum absolute atomic E-state index is 12.0. The van der Waals surface area contributed by atoms with Crippen molar-refractivity contribution in [1.29, 1.82) is 0 Å². The Labute approximate surface area is 249 Å². The number of hydrogen-bond acceptors (Lipinski definition) is 0. The van der Waals surface area contributed by atoms with E-state index in [2.05, 4.69) is 0 Å². The van der Waals surface area contributed by atoms with Crippen molar-refractivity contribution in [2.75, 3.05) is 0 Å². The predicted octanol–water partition coefficient (Wildman–Crippen LogP) is 9.53. The first-order valence-electron chi connectivity index (χ1n) is 10.1. The molecule has 21 heteroatoms. The van der Waals surface area contributed by atoms with Crippen LogP contribution in [0.15, 0.2) is 24.3 Å². The SMILES string of the molecule is Fc1cc(F)c(F)c(F)c1F.Fc1cc(F)c(F)c(F)c1F.Fc1cc(F)c(F)c(F)c1F.Fc1cc(F)c(F)c(F)c1F.[Pt+2]. The van der Waals surface area contributed by atoms with E-state index in [0.29, 0.717) is 0 Å². The van der Waals surface area contributed by atoms with Gasteiger partial charge in [0.25, 0.3) is 0 Å². The summed E-state index contributed by atoms with van der Waals surface area (Å²) in [6, 6.07) is -0.247. The second kappa shape index (κ2) is 17.0. The minimum absolute atomic E-state index is 0. The van der Waals surface area contributed by atoms with Gasteiger partial charge in [0.1, 0.15) is 0 Å². The molecule has 248 valence electrons. The van der Waals surface area contributed by atoms with Gasteiger partial charge in [-0.2, -0.15) is 0 Å². The van der Waals surface area contributed by atoms with Crippen molar-refractivity contribution >= 4 is 0 Å². The smallest absolute Gasteiger partial charge is 0.204 e. The summed E-state index contributed by atoms with van der Waals surface area (Å²) in [6.45, 7) is 0. The van der Waals surface area contributed by atoms with Crippen LogP contribution in [0.4, 0.5) is 87.8 Å². The topological polar surface area (TPSA) is 0 Å². The quantitative estimate of drug-likeness (QED) is 0.0940. The summed E-state index contributed by atoms with van der Waals surface area (Å²) < 4.78 is 240. The number of benzene rings is 4. The molecule has 0 aliphatic rings. The first-order chi connectivity index (χ1) is 20.1. The Balaban J connectivity index is 0.000000569. The zero-order valence-corrected chi connectivity index (χ0v) is 22.5. The van der Waals surface area contributed by atoms with E-state index in [9.17, 15) is 87.8 Å². The van der Waals surface area contributed by atoms with Gasteiger partial charge in [0, 0.05) is 24.3 Å². The molecule has 0 nitrogen and oxygen atoms in total.